The molecular weight excluding hydrogens is 649 g/mol. The first-order valence-corrected chi connectivity index (χ1v) is 18.2. The van der Waals surface area contributed by atoms with Gasteiger partial charge in [0.1, 0.15) is 34.5 Å². The van der Waals surface area contributed by atoms with Gasteiger partial charge in [-0.2, -0.15) is 0 Å². The molecule has 0 atom stereocenters. The van der Waals surface area contributed by atoms with Gasteiger partial charge < -0.3 is 41.5 Å². The van der Waals surface area contributed by atoms with Crippen molar-refractivity contribution in [3.63, 3.8) is 0 Å². The molecular formula is C25H35Cl4NO8Zn. The van der Waals surface area contributed by atoms with E-state index in [1.807, 2.05) is 0 Å². The van der Waals surface area contributed by atoms with E-state index in [1.54, 1.807) is 6.07 Å². The fourth-order valence-electron chi connectivity index (χ4n) is 2.17. The van der Waals surface area contributed by atoms with Gasteiger partial charge in [-0.3, -0.25) is 4.79 Å². The van der Waals surface area contributed by atoms with Crippen LogP contribution < -0.4 is 0 Å². The molecule has 0 bridgehead atoms. The molecule has 0 radical (unpaired) electrons. The molecule has 9 nitrogen and oxygen atoms in total. The van der Waals surface area contributed by atoms with Crippen molar-refractivity contribution in [3.05, 3.63) is 71.8 Å². The van der Waals surface area contributed by atoms with Gasteiger partial charge in [-0.15, -0.1) is 23.2 Å². The molecule has 0 aliphatic heterocycles. The van der Waals surface area contributed by atoms with Crippen LogP contribution in [0.5, 0.6) is 34.5 Å². The quantitative estimate of drug-likeness (QED) is 0.0681. The molecule has 0 aliphatic rings. The van der Waals surface area contributed by atoms with Gasteiger partial charge in [0.05, 0.1) is 23.0 Å². The minimum absolute atomic E-state index is 0. The number of rotatable bonds is 4. The van der Waals surface area contributed by atoms with Gasteiger partial charge in [0.2, 0.25) is 0 Å². The molecule has 3 rings (SSSR count). The van der Waals surface area contributed by atoms with E-state index in [2.05, 4.69) is 0 Å². The molecule has 0 spiro atoms. The SMILES string of the molecule is C.C.C.N=C(CCl)c1ccc(O)cc1O.O.O=C(CCl)c1ccc(O)cc1O.Oc1cccc(O)c1.[Cl][Zn][Cl]. The van der Waals surface area contributed by atoms with Crippen molar-refractivity contribution < 1.29 is 56.1 Å². The summed E-state index contributed by atoms with van der Waals surface area (Å²) in [5.41, 5.74) is 0.611. The first-order chi connectivity index (χ1) is 16.5. The fourth-order valence-corrected chi connectivity index (χ4v) is 2.46. The number of benzene rings is 3. The summed E-state index contributed by atoms with van der Waals surface area (Å²) in [4.78, 5) is 11.0. The topological polar surface area (TPSA) is 194 Å². The number of hydrogen-bond donors (Lipinski definition) is 7. The molecule has 3 aromatic rings. The summed E-state index contributed by atoms with van der Waals surface area (Å²) in [6.45, 7) is 0. The summed E-state index contributed by atoms with van der Waals surface area (Å²) in [5, 5.41) is 60.8. The molecule has 39 heavy (non-hydrogen) atoms. The van der Waals surface area contributed by atoms with Crippen molar-refractivity contribution in [2.75, 3.05) is 11.8 Å². The maximum atomic E-state index is 11.0. The molecule has 0 aromatic heterocycles. The van der Waals surface area contributed by atoms with Crippen LogP contribution in [0.1, 0.15) is 38.2 Å². The van der Waals surface area contributed by atoms with E-state index in [0.29, 0.717) is 5.56 Å². The first-order valence-electron chi connectivity index (χ1n) is 9.37. The monoisotopic (exact) mass is 681 g/mol. The third-order valence-electron chi connectivity index (χ3n) is 3.67. The number of ketones is 1. The summed E-state index contributed by atoms with van der Waals surface area (Å²) >= 11 is 9.74. The molecule has 0 fully saturated rings. The number of carbonyl (C=O) groups excluding carboxylic acids is 1. The second kappa shape index (κ2) is 25.8. The van der Waals surface area contributed by atoms with Crippen molar-refractivity contribution in [2.45, 2.75) is 22.3 Å². The van der Waals surface area contributed by atoms with Crippen LogP contribution in [0.3, 0.4) is 0 Å². The van der Waals surface area contributed by atoms with Crippen LogP contribution in [0.4, 0.5) is 0 Å². The number of Topliss-reactive ketones (excluding diaryl/α,β-unsaturated/α-hetero) is 1. The third kappa shape index (κ3) is 19.3. The Morgan fingerprint density at radius 2 is 1.03 bits per heavy atom. The number of aromatic hydroxyl groups is 6. The average Bonchev–Trinajstić information content (AvgIpc) is 2.79. The summed E-state index contributed by atoms with van der Waals surface area (Å²) in [6, 6.07) is 13.6. The zero-order valence-corrected chi connectivity index (χ0v) is 24.5. The van der Waals surface area contributed by atoms with Crippen molar-refractivity contribution in [1.29, 1.82) is 5.41 Å². The zero-order valence-electron chi connectivity index (χ0n) is 18.5. The Hall–Kier alpha value is -2.46. The van der Waals surface area contributed by atoms with E-state index < -0.39 is 15.1 Å². The van der Waals surface area contributed by atoms with Crippen LogP contribution in [0, 0.1) is 5.41 Å². The van der Waals surface area contributed by atoms with E-state index in [4.69, 9.17) is 73.5 Å². The molecule has 218 valence electrons. The van der Waals surface area contributed by atoms with Gasteiger partial charge in [0.25, 0.3) is 0 Å². The van der Waals surface area contributed by atoms with Crippen molar-refractivity contribution in [3.8, 4) is 34.5 Å². The second-order valence-electron chi connectivity index (χ2n) is 6.19. The Labute approximate surface area is 254 Å². The number of hydrogen-bond acceptors (Lipinski definition) is 8. The van der Waals surface area contributed by atoms with Crippen LogP contribution in [0.25, 0.3) is 0 Å². The fraction of sp³-hybridized carbons (Fsp3) is 0.200. The molecule has 0 saturated heterocycles. The maximum absolute atomic E-state index is 11.0. The molecule has 14 heteroatoms. The number of nitrogens with one attached hydrogen (secondary N) is 1. The first kappa shape index (κ1) is 46.4. The van der Waals surface area contributed by atoms with Gasteiger partial charge in [0, 0.05) is 23.8 Å². The predicted molar refractivity (Wildman–Crippen MR) is 157 cm³/mol. The molecule has 0 aliphatic carbocycles. The summed E-state index contributed by atoms with van der Waals surface area (Å²) in [6.07, 6.45) is 0. The number of phenols is 6. The summed E-state index contributed by atoms with van der Waals surface area (Å²) in [5.74, 6) is -0.820. The van der Waals surface area contributed by atoms with Crippen molar-refractivity contribution >= 4 is 54.1 Å². The Morgan fingerprint density at radius 3 is 1.31 bits per heavy atom. The Balaban J connectivity index is -0.000000136. The van der Waals surface area contributed by atoms with E-state index in [9.17, 15) is 9.90 Å². The average molecular weight is 685 g/mol. The number of carbonyl (C=O) groups is 1. The van der Waals surface area contributed by atoms with Crippen molar-refractivity contribution in [1.82, 2.24) is 0 Å². The number of phenolic OH excluding ortho intramolecular Hbond substituents is 6. The summed E-state index contributed by atoms with van der Waals surface area (Å²) < 4.78 is 0. The summed E-state index contributed by atoms with van der Waals surface area (Å²) in [7, 11) is 9.90. The molecule has 0 unspecified atom stereocenters. The Morgan fingerprint density at radius 1 is 0.667 bits per heavy atom. The Kier molecular flexibility index (Phi) is 30.7. The molecule has 3 aromatic carbocycles. The predicted octanol–water partition coefficient (Wildman–Crippen LogP) is 6.78. The van der Waals surface area contributed by atoms with Gasteiger partial charge in [0.15, 0.2) is 5.78 Å². The molecule has 0 amide bonds. The van der Waals surface area contributed by atoms with Gasteiger partial charge in [-0.25, -0.2) is 0 Å². The zero-order chi connectivity index (χ0) is 27.0. The van der Waals surface area contributed by atoms with E-state index in [-0.39, 0.29) is 91.1 Å². The van der Waals surface area contributed by atoms with Gasteiger partial charge >= 0.3 is 34.5 Å². The van der Waals surface area contributed by atoms with Crippen LogP contribution in [0.2, 0.25) is 0 Å². The third-order valence-corrected chi connectivity index (χ3v) is 4.18. The Bertz CT molecular complexity index is 1030. The van der Waals surface area contributed by atoms with Crippen LogP contribution in [-0.2, 0) is 15.1 Å². The van der Waals surface area contributed by atoms with Crippen LogP contribution >= 0.6 is 42.6 Å². The second-order valence-corrected chi connectivity index (χ2v) is 11.4. The minimum atomic E-state index is -0.931. The number of halogens is 4. The van der Waals surface area contributed by atoms with E-state index in [0.717, 1.165) is 6.07 Å². The molecule has 0 heterocycles. The normalized spacial score (nSPS) is 8.10. The number of alkyl halides is 2. The van der Waals surface area contributed by atoms with E-state index >= 15 is 0 Å². The van der Waals surface area contributed by atoms with Gasteiger partial charge in [-0.1, -0.05) is 28.3 Å². The van der Waals surface area contributed by atoms with Crippen LogP contribution in [0.15, 0.2) is 60.7 Å². The standard InChI is InChI=1S/C8H8ClNO2.C8H7ClO3.C6H6O2.3CH4.2ClH.H2O.Zn/c9-4-7(10)6-2-1-5(11)3-8(6)12;9-4-8(12)6-2-1-5(10)3-7(6)11;7-5-2-1-3-6(8)4-5;;;;;;;/h1-3,10-12H,4H2;1-3,10-11H,4H2;1-4,7-8H;3*1H4;2*1H;1H2;/q;;;;;;;;;+2/p-2. The molecule has 9 N–H and O–H groups in total. The van der Waals surface area contributed by atoms with E-state index in [1.165, 1.54) is 48.5 Å². The van der Waals surface area contributed by atoms with Gasteiger partial charge in [-0.05, 0) is 36.4 Å². The molecule has 0 saturated carbocycles. The van der Waals surface area contributed by atoms with Crippen LogP contribution in [-0.4, -0.2) is 59.4 Å². The van der Waals surface area contributed by atoms with Crippen molar-refractivity contribution in [2.24, 2.45) is 0 Å².